The topological polar surface area (TPSA) is 52.6 Å². The molecule has 1 atom stereocenters. The van der Waals surface area contributed by atoms with Gasteiger partial charge in [-0.15, -0.1) is 0 Å². The zero-order valence-corrected chi connectivity index (χ0v) is 12.0. The fourth-order valence-electron chi connectivity index (χ4n) is 1.46. The highest BCUT2D eigenvalue weighted by Crippen LogP contribution is 2.06. The van der Waals surface area contributed by atoms with E-state index in [-0.39, 0.29) is 30.9 Å². The molecular formula is C14H26O4. The van der Waals surface area contributed by atoms with Crippen molar-refractivity contribution < 1.29 is 19.1 Å². The van der Waals surface area contributed by atoms with Crippen LogP contribution in [0.4, 0.5) is 0 Å². The Hall–Kier alpha value is -1.06. The van der Waals surface area contributed by atoms with E-state index in [1.165, 1.54) is 0 Å². The van der Waals surface area contributed by atoms with Crippen molar-refractivity contribution in [1.29, 1.82) is 0 Å². The van der Waals surface area contributed by atoms with Gasteiger partial charge in [0.2, 0.25) is 0 Å². The Labute approximate surface area is 110 Å². The largest absolute Gasteiger partial charge is 0.465 e. The molecule has 18 heavy (non-hydrogen) atoms. The van der Waals surface area contributed by atoms with Crippen LogP contribution in [0.2, 0.25) is 0 Å². The highest BCUT2D eigenvalue weighted by atomic mass is 16.5. The average Bonchev–Trinajstić information content (AvgIpc) is 2.26. The van der Waals surface area contributed by atoms with Crippen LogP contribution in [-0.4, -0.2) is 24.6 Å². The molecule has 0 amide bonds. The summed E-state index contributed by atoms with van der Waals surface area (Å²) in [6.45, 7) is 8.35. The molecule has 4 heteroatoms. The standard InChI is InChI=1S/C14H26O4/c1-5-7-12(4)18-14(16)9-6-8-13(15)17-10-11(2)3/h11-12H,5-10H2,1-4H3. The van der Waals surface area contributed by atoms with Gasteiger partial charge in [0.25, 0.3) is 0 Å². The molecule has 0 heterocycles. The van der Waals surface area contributed by atoms with Gasteiger partial charge in [-0.25, -0.2) is 0 Å². The number of carbonyl (C=O) groups is 2. The maximum Gasteiger partial charge on any atom is 0.306 e. The molecule has 106 valence electrons. The zero-order chi connectivity index (χ0) is 14.0. The van der Waals surface area contributed by atoms with Crippen molar-refractivity contribution in [2.75, 3.05) is 6.61 Å². The Morgan fingerprint density at radius 2 is 1.67 bits per heavy atom. The Balaban J connectivity index is 3.58. The smallest absolute Gasteiger partial charge is 0.306 e. The molecule has 0 fully saturated rings. The molecule has 0 aromatic carbocycles. The van der Waals surface area contributed by atoms with Gasteiger partial charge in [-0.1, -0.05) is 27.2 Å². The monoisotopic (exact) mass is 258 g/mol. The fourth-order valence-corrected chi connectivity index (χ4v) is 1.46. The second-order valence-electron chi connectivity index (χ2n) is 5.02. The molecular weight excluding hydrogens is 232 g/mol. The van der Waals surface area contributed by atoms with Gasteiger partial charge in [-0.2, -0.15) is 0 Å². The Morgan fingerprint density at radius 3 is 2.22 bits per heavy atom. The first-order valence-electron chi connectivity index (χ1n) is 6.80. The Bertz CT molecular complexity index is 248. The van der Waals surface area contributed by atoms with Gasteiger partial charge < -0.3 is 9.47 Å². The lowest BCUT2D eigenvalue weighted by atomic mass is 10.2. The molecule has 0 bridgehead atoms. The maximum atomic E-state index is 11.4. The molecule has 0 spiro atoms. The summed E-state index contributed by atoms with van der Waals surface area (Å²) in [5.74, 6) is -0.125. The van der Waals surface area contributed by atoms with Crippen LogP contribution in [0.3, 0.4) is 0 Å². The SMILES string of the molecule is CCCC(C)OC(=O)CCCC(=O)OCC(C)C. The summed E-state index contributed by atoms with van der Waals surface area (Å²) in [6.07, 6.45) is 2.90. The first-order chi connectivity index (χ1) is 8.45. The van der Waals surface area contributed by atoms with Gasteiger partial charge in [-0.3, -0.25) is 9.59 Å². The lowest BCUT2D eigenvalue weighted by Crippen LogP contribution is -2.15. The second kappa shape index (κ2) is 9.92. The van der Waals surface area contributed by atoms with Gasteiger partial charge in [-0.05, 0) is 25.7 Å². The molecule has 0 N–H and O–H groups in total. The lowest BCUT2D eigenvalue weighted by molar-refractivity contribution is -0.149. The molecule has 1 unspecified atom stereocenters. The van der Waals surface area contributed by atoms with Crippen molar-refractivity contribution in [2.45, 2.75) is 65.9 Å². The summed E-state index contributed by atoms with van der Waals surface area (Å²) < 4.78 is 10.2. The number of rotatable bonds is 9. The second-order valence-corrected chi connectivity index (χ2v) is 5.02. The molecule has 0 aliphatic rings. The zero-order valence-electron chi connectivity index (χ0n) is 12.0. The van der Waals surface area contributed by atoms with E-state index >= 15 is 0 Å². The highest BCUT2D eigenvalue weighted by Gasteiger charge is 2.10. The number of ether oxygens (including phenoxy) is 2. The van der Waals surface area contributed by atoms with E-state index in [1.54, 1.807) is 0 Å². The van der Waals surface area contributed by atoms with E-state index in [2.05, 4.69) is 6.92 Å². The summed E-state index contributed by atoms with van der Waals surface area (Å²) in [4.78, 5) is 22.7. The minimum atomic E-state index is -0.238. The Kier molecular flexibility index (Phi) is 9.33. The highest BCUT2D eigenvalue weighted by molar-refractivity contribution is 5.72. The lowest BCUT2D eigenvalue weighted by Gasteiger charge is -2.11. The summed E-state index contributed by atoms with van der Waals surface area (Å²) in [7, 11) is 0. The van der Waals surface area contributed by atoms with Crippen LogP contribution >= 0.6 is 0 Å². The van der Waals surface area contributed by atoms with Crippen molar-refractivity contribution in [1.82, 2.24) is 0 Å². The number of esters is 2. The molecule has 0 saturated carbocycles. The van der Waals surface area contributed by atoms with Gasteiger partial charge in [0.15, 0.2) is 0 Å². The minimum Gasteiger partial charge on any atom is -0.465 e. The number of carbonyl (C=O) groups excluding carboxylic acids is 2. The molecule has 0 aromatic heterocycles. The van der Waals surface area contributed by atoms with Crippen LogP contribution in [-0.2, 0) is 19.1 Å². The van der Waals surface area contributed by atoms with E-state index < -0.39 is 0 Å². The van der Waals surface area contributed by atoms with E-state index in [4.69, 9.17) is 9.47 Å². The van der Waals surface area contributed by atoms with Crippen LogP contribution in [0.5, 0.6) is 0 Å². The summed E-state index contributed by atoms with van der Waals surface area (Å²) in [6, 6.07) is 0. The van der Waals surface area contributed by atoms with Gasteiger partial charge in [0.1, 0.15) is 0 Å². The van der Waals surface area contributed by atoms with Crippen LogP contribution in [0.15, 0.2) is 0 Å². The number of hydrogen-bond acceptors (Lipinski definition) is 4. The Morgan fingerprint density at radius 1 is 1.06 bits per heavy atom. The predicted octanol–water partition coefficient (Wildman–Crippen LogP) is 3.09. The third-order valence-electron chi connectivity index (χ3n) is 2.37. The normalized spacial score (nSPS) is 12.3. The first kappa shape index (κ1) is 16.9. The van der Waals surface area contributed by atoms with Gasteiger partial charge in [0, 0.05) is 12.8 Å². The molecule has 0 aliphatic heterocycles. The summed E-state index contributed by atoms with van der Waals surface area (Å²) in [5, 5.41) is 0. The van der Waals surface area contributed by atoms with Crippen LogP contribution < -0.4 is 0 Å². The predicted molar refractivity (Wildman–Crippen MR) is 70.1 cm³/mol. The van der Waals surface area contributed by atoms with Crippen molar-refractivity contribution in [3.05, 3.63) is 0 Å². The number of hydrogen-bond donors (Lipinski definition) is 0. The third kappa shape index (κ3) is 10.1. The van der Waals surface area contributed by atoms with Crippen molar-refractivity contribution in [2.24, 2.45) is 5.92 Å². The van der Waals surface area contributed by atoms with Crippen LogP contribution in [0.1, 0.15) is 59.8 Å². The first-order valence-corrected chi connectivity index (χ1v) is 6.80. The summed E-state index contributed by atoms with van der Waals surface area (Å²) >= 11 is 0. The third-order valence-corrected chi connectivity index (χ3v) is 2.37. The van der Waals surface area contributed by atoms with E-state index in [0.29, 0.717) is 18.9 Å². The van der Waals surface area contributed by atoms with Crippen molar-refractivity contribution >= 4 is 11.9 Å². The maximum absolute atomic E-state index is 11.4. The van der Waals surface area contributed by atoms with Crippen molar-refractivity contribution in [3.63, 3.8) is 0 Å². The van der Waals surface area contributed by atoms with Gasteiger partial charge in [0.05, 0.1) is 12.7 Å². The quantitative estimate of drug-likeness (QED) is 0.596. The van der Waals surface area contributed by atoms with E-state index in [1.807, 2.05) is 20.8 Å². The molecule has 0 radical (unpaired) electrons. The summed E-state index contributed by atoms with van der Waals surface area (Å²) in [5.41, 5.74) is 0. The van der Waals surface area contributed by atoms with E-state index in [9.17, 15) is 9.59 Å². The molecule has 0 aliphatic carbocycles. The van der Waals surface area contributed by atoms with Gasteiger partial charge >= 0.3 is 11.9 Å². The van der Waals surface area contributed by atoms with E-state index in [0.717, 1.165) is 12.8 Å². The fraction of sp³-hybridized carbons (Fsp3) is 0.857. The average molecular weight is 258 g/mol. The van der Waals surface area contributed by atoms with Crippen molar-refractivity contribution in [3.8, 4) is 0 Å². The molecule has 0 saturated heterocycles. The van der Waals surface area contributed by atoms with Crippen LogP contribution in [0.25, 0.3) is 0 Å². The molecule has 0 aromatic rings. The molecule has 4 nitrogen and oxygen atoms in total. The molecule has 0 rings (SSSR count). The minimum absolute atomic E-state index is 0.0320. The van der Waals surface area contributed by atoms with Crippen LogP contribution in [0, 0.1) is 5.92 Å².